The quantitative estimate of drug-likeness (QED) is 0.245. The van der Waals surface area contributed by atoms with Crippen molar-refractivity contribution in [2.24, 2.45) is 10.9 Å². The third-order valence-electron chi connectivity index (χ3n) is 7.07. The average molecular weight is 517 g/mol. The molecule has 0 radical (unpaired) electrons. The fourth-order valence-electron chi connectivity index (χ4n) is 4.97. The third kappa shape index (κ3) is 5.26. The SMILES string of the molecule is CCOc1ccc2c(C(=N)/N=C(\OC)C3CC3)c(-c3ccc(NC(=O)OC(C)C)cc3)n(C3CCC3)c2c1. The molecule has 1 aromatic heterocycles. The normalized spacial score (nSPS) is 15.9. The summed E-state index contributed by atoms with van der Waals surface area (Å²) in [5.41, 5.74) is 4.38. The van der Waals surface area contributed by atoms with Gasteiger partial charge in [0.2, 0.25) is 0 Å². The molecule has 0 saturated heterocycles. The van der Waals surface area contributed by atoms with E-state index in [1.807, 2.05) is 57.2 Å². The number of nitrogens with one attached hydrogen (secondary N) is 2. The number of nitrogens with zero attached hydrogens (tertiary/aromatic N) is 2. The molecular weight excluding hydrogens is 480 g/mol. The second-order valence-corrected chi connectivity index (χ2v) is 10.2. The molecule has 1 amide bonds. The number of carbonyl (C=O) groups is 1. The number of carbonyl (C=O) groups excluding carboxylic acids is 1. The lowest BCUT2D eigenvalue weighted by molar-refractivity contribution is 0.130. The zero-order valence-electron chi connectivity index (χ0n) is 22.5. The van der Waals surface area contributed by atoms with Crippen LogP contribution in [0.15, 0.2) is 47.5 Å². The Balaban J connectivity index is 1.64. The van der Waals surface area contributed by atoms with Crippen molar-refractivity contribution < 1.29 is 19.0 Å². The number of methoxy groups -OCH3 is 1. The number of rotatable bonds is 8. The first-order chi connectivity index (χ1) is 18.4. The Hall–Kier alpha value is -3.81. The van der Waals surface area contributed by atoms with Gasteiger partial charge < -0.3 is 18.8 Å². The number of hydrogen-bond acceptors (Lipinski definition) is 5. The van der Waals surface area contributed by atoms with Crippen molar-refractivity contribution in [3.8, 4) is 17.0 Å². The minimum absolute atomic E-state index is 0.193. The number of fused-ring (bicyclic) bond motifs is 1. The monoisotopic (exact) mass is 516 g/mol. The van der Waals surface area contributed by atoms with Gasteiger partial charge in [-0.2, -0.15) is 4.99 Å². The lowest BCUT2D eigenvalue weighted by atomic mass is 9.92. The van der Waals surface area contributed by atoms with Gasteiger partial charge in [-0.15, -0.1) is 0 Å². The summed E-state index contributed by atoms with van der Waals surface area (Å²) in [6, 6.07) is 14.1. The Bertz CT molecular complexity index is 1370. The first-order valence-corrected chi connectivity index (χ1v) is 13.5. The van der Waals surface area contributed by atoms with Gasteiger partial charge in [0.25, 0.3) is 0 Å². The van der Waals surface area contributed by atoms with Crippen LogP contribution in [0.2, 0.25) is 0 Å². The number of hydrogen-bond donors (Lipinski definition) is 2. The smallest absolute Gasteiger partial charge is 0.411 e. The molecule has 2 saturated carbocycles. The van der Waals surface area contributed by atoms with Crippen LogP contribution in [0.1, 0.15) is 64.5 Å². The zero-order valence-corrected chi connectivity index (χ0v) is 22.5. The van der Waals surface area contributed by atoms with Crippen LogP contribution in [-0.2, 0) is 9.47 Å². The number of anilines is 1. The highest BCUT2D eigenvalue weighted by molar-refractivity contribution is 6.17. The van der Waals surface area contributed by atoms with Gasteiger partial charge in [-0.05, 0) is 82.7 Å². The van der Waals surface area contributed by atoms with Crippen LogP contribution in [-0.4, -0.2) is 42.2 Å². The Morgan fingerprint density at radius 3 is 2.45 bits per heavy atom. The highest BCUT2D eigenvalue weighted by atomic mass is 16.6. The molecule has 38 heavy (non-hydrogen) atoms. The molecule has 5 rings (SSSR count). The minimum Gasteiger partial charge on any atom is -0.494 e. The van der Waals surface area contributed by atoms with Crippen LogP contribution in [0.5, 0.6) is 5.75 Å². The highest BCUT2D eigenvalue weighted by Gasteiger charge is 2.32. The van der Waals surface area contributed by atoms with Gasteiger partial charge >= 0.3 is 6.09 Å². The van der Waals surface area contributed by atoms with Crippen LogP contribution in [0, 0.1) is 11.3 Å². The van der Waals surface area contributed by atoms with E-state index in [1.54, 1.807) is 7.11 Å². The number of amides is 1. The van der Waals surface area contributed by atoms with Gasteiger partial charge in [0.05, 0.1) is 36.6 Å². The van der Waals surface area contributed by atoms with Crippen molar-refractivity contribution in [3.63, 3.8) is 0 Å². The van der Waals surface area contributed by atoms with Gasteiger partial charge in [-0.1, -0.05) is 12.1 Å². The van der Waals surface area contributed by atoms with E-state index in [0.29, 0.717) is 30.2 Å². The summed E-state index contributed by atoms with van der Waals surface area (Å²) >= 11 is 0. The van der Waals surface area contributed by atoms with Gasteiger partial charge in [-0.3, -0.25) is 10.7 Å². The molecule has 8 heteroatoms. The predicted molar refractivity (Wildman–Crippen MR) is 151 cm³/mol. The molecule has 8 nitrogen and oxygen atoms in total. The van der Waals surface area contributed by atoms with Crippen molar-refractivity contribution in [1.29, 1.82) is 5.41 Å². The van der Waals surface area contributed by atoms with Crippen LogP contribution >= 0.6 is 0 Å². The first kappa shape index (κ1) is 25.8. The van der Waals surface area contributed by atoms with E-state index in [4.69, 9.17) is 19.6 Å². The molecular formula is C30H36N4O4. The topological polar surface area (TPSA) is 97.9 Å². The maximum absolute atomic E-state index is 12.1. The minimum atomic E-state index is -0.483. The summed E-state index contributed by atoms with van der Waals surface area (Å²) in [6.45, 7) is 6.20. The molecule has 0 aliphatic heterocycles. The van der Waals surface area contributed by atoms with E-state index < -0.39 is 6.09 Å². The van der Waals surface area contributed by atoms with Crippen molar-refractivity contribution in [3.05, 3.63) is 48.0 Å². The van der Waals surface area contributed by atoms with Crippen molar-refractivity contribution in [1.82, 2.24) is 4.57 Å². The number of aliphatic imine (C=N–C) groups is 1. The van der Waals surface area contributed by atoms with Crippen LogP contribution < -0.4 is 10.1 Å². The molecule has 2 aliphatic rings. The predicted octanol–water partition coefficient (Wildman–Crippen LogP) is 7.17. The zero-order chi connectivity index (χ0) is 26.8. The summed E-state index contributed by atoms with van der Waals surface area (Å²) in [4.78, 5) is 16.8. The summed E-state index contributed by atoms with van der Waals surface area (Å²) in [7, 11) is 1.63. The largest absolute Gasteiger partial charge is 0.494 e. The molecule has 2 N–H and O–H groups in total. The molecule has 3 aromatic rings. The standard InChI is InChI=1S/C30H36N4O4/c1-5-37-23-15-16-24-25(17-23)34(22-7-6-8-22)27(26(24)28(31)33-29(36-4)20-9-10-20)19-11-13-21(14-12-19)32-30(35)38-18(2)3/h11-18,20,22,31H,5-10H2,1-4H3,(H,32,35)/b31-28?,33-29-. The maximum atomic E-state index is 12.1. The summed E-state index contributed by atoms with van der Waals surface area (Å²) in [6.07, 6.45) is 4.75. The van der Waals surface area contributed by atoms with Gasteiger partial charge in [0.1, 0.15) is 5.75 Å². The van der Waals surface area contributed by atoms with Crippen LogP contribution in [0.25, 0.3) is 22.2 Å². The van der Waals surface area contributed by atoms with E-state index in [-0.39, 0.29) is 11.9 Å². The molecule has 200 valence electrons. The van der Waals surface area contributed by atoms with E-state index in [2.05, 4.69) is 20.9 Å². The molecule has 0 spiro atoms. The molecule has 1 heterocycles. The number of aromatic nitrogens is 1. The van der Waals surface area contributed by atoms with Gasteiger partial charge in [0, 0.05) is 29.1 Å². The van der Waals surface area contributed by atoms with E-state index in [1.165, 1.54) is 6.42 Å². The number of ether oxygens (including phenoxy) is 3. The first-order valence-electron chi connectivity index (χ1n) is 13.5. The summed E-state index contributed by atoms with van der Waals surface area (Å²) in [5, 5.41) is 12.9. The van der Waals surface area contributed by atoms with Crippen molar-refractivity contribution in [2.45, 2.75) is 65.0 Å². The number of amidine groups is 1. The third-order valence-corrected chi connectivity index (χ3v) is 7.07. The van der Waals surface area contributed by atoms with E-state index >= 15 is 0 Å². The Labute approximate surface area is 223 Å². The van der Waals surface area contributed by atoms with E-state index in [9.17, 15) is 4.79 Å². The Morgan fingerprint density at radius 1 is 1.13 bits per heavy atom. The molecule has 0 atom stereocenters. The Kier molecular flexibility index (Phi) is 7.40. The molecule has 2 fully saturated rings. The fourth-order valence-corrected chi connectivity index (χ4v) is 4.97. The second kappa shape index (κ2) is 10.9. The lowest BCUT2D eigenvalue weighted by Crippen LogP contribution is -2.19. The molecule has 2 aliphatic carbocycles. The molecule has 0 unspecified atom stereocenters. The summed E-state index contributed by atoms with van der Waals surface area (Å²) in [5.74, 6) is 1.92. The lowest BCUT2D eigenvalue weighted by Gasteiger charge is -2.30. The van der Waals surface area contributed by atoms with Crippen LogP contribution in [0.4, 0.5) is 10.5 Å². The summed E-state index contributed by atoms with van der Waals surface area (Å²) < 4.78 is 19.0. The molecule has 0 bridgehead atoms. The average Bonchev–Trinajstić information content (AvgIpc) is 3.64. The van der Waals surface area contributed by atoms with E-state index in [0.717, 1.165) is 59.2 Å². The fraction of sp³-hybridized carbons (Fsp3) is 0.433. The van der Waals surface area contributed by atoms with Gasteiger partial charge in [0.15, 0.2) is 11.7 Å². The Morgan fingerprint density at radius 2 is 1.87 bits per heavy atom. The highest BCUT2D eigenvalue weighted by Crippen LogP contribution is 2.44. The maximum Gasteiger partial charge on any atom is 0.411 e. The number of benzene rings is 2. The van der Waals surface area contributed by atoms with Crippen molar-refractivity contribution >= 4 is 34.4 Å². The second-order valence-electron chi connectivity index (χ2n) is 10.2. The molecule has 2 aromatic carbocycles. The van der Waals surface area contributed by atoms with Crippen molar-refractivity contribution in [2.75, 3.05) is 19.0 Å². The van der Waals surface area contributed by atoms with Gasteiger partial charge in [-0.25, -0.2) is 4.79 Å². The van der Waals surface area contributed by atoms with Crippen LogP contribution in [0.3, 0.4) is 0 Å².